The molecule has 7 heteroatoms. The third-order valence-corrected chi connectivity index (χ3v) is 11.5. The number of pyridine rings is 1. The Morgan fingerprint density at radius 3 is 1.88 bits per heavy atom. The van der Waals surface area contributed by atoms with Crippen LogP contribution in [0.4, 0.5) is 0 Å². The number of rotatable bonds is 9. The topological polar surface area (TPSA) is 62.7 Å². The maximum Gasteiger partial charge on any atom is 0.139 e. The number of ether oxygens (including phenoxy) is 1. The summed E-state index contributed by atoms with van der Waals surface area (Å²) in [5.41, 5.74) is 13.9. The van der Waals surface area contributed by atoms with Gasteiger partial charge in [-0.25, -0.2) is 4.98 Å². The smallest absolute Gasteiger partial charge is 0.139 e. The molecule has 0 aliphatic rings. The van der Waals surface area contributed by atoms with Gasteiger partial charge in [-0.15, -0.1) is 0 Å². The maximum absolute atomic E-state index is 6.60. The Balaban J connectivity index is 1.19. The van der Waals surface area contributed by atoms with Crippen molar-refractivity contribution in [1.82, 2.24) is 29.1 Å². The number of nitrogens with zero attached hydrogens (tertiary/aromatic N) is 6. The second-order valence-corrected chi connectivity index (χ2v) is 16.4. The van der Waals surface area contributed by atoms with E-state index >= 15 is 0 Å². The molecular weight excluding hydrogens is 701 g/mol. The fourth-order valence-electron chi connectivity index (χ4n) is 8.56. The van der Waals surface area contributed by atoms with E-state index < -0.39 is 0 Å². The van der Waals surface area contributed by atoms with Gasteiger partial charge >= 0.3 is 0 Å². The first-order valence-electron chi connectivity index (χ1n) is 20.3. The predicted octanol–water partition coefficient (Wildman–Crippen LogP) is 13.2. The van der Waals surface area contributed by atoms with Crippen molar-refractivity contribution in [2.24, 2.45) is 0 Å². The Hall–Kier alpha value is -6.21. The zero-order chi connectivity index (χ0) is 39.7. The molecule has 4 aromatic heterocycles. The fraction of sp³-hybridized carbons (Fsp3) is 0.260. The van der Waals surface area contributed by atoms with Gasteiger partial charge in [0.2, 0.25) is 0 Å². The molecular formula is C50H50N6O. The van der Waals surface area contributed by atoms with Crippen LogP contribution >= 0.6 is 0 Å². The van der Waals surface area contributed by atoms with Crippen LogP contribution in [-0.4, -0.2) is 29.1 Å². The summed E-state index contributed by atoms with van der Waals surface area (Å²) in [6.07, 6.45) is 2.79. The van der Waals surface area contributed by atoms with Crippen LogP contribution in [0.15, 0.2) is 109 Å². The summed E-state index contributed by atoms with van der Waals surface area (Å²) in [5, 5.41) is 14.5. The molecule has 0 spiro atoms. The van der Waals surface area contributed by atoms with Gasteiger partial charge in [-0.05, 0) is 109 Å². The van der Waals surface area contributed by atoms with Gasteiger partial charge in [0, 0.05) is 45.9 Å². The lowest BCUT2D eigenvalue weighted by atomic mass is 9.95. The van der Waals surface area contributed by atoms with Gasteiger partial charge in [0.25, 0.3) is 0 Å². The Morgan fingerprint density at radius 2 is 1.23 bits per heavy atom. The minimum Gasteiger partial charge on any atom is -0.457 e. The Morgan fingerprint density at radius 1 is 0.561 bits per heavy atom. The number of hydrogen-bond donors (Lipinski definition) is 0. The molecule has 0 aliphatic heterocycles. The molecule has 5 aromatic carbocycles. The van der Waals surface area contributed by atoms with Crippen LogP contribution in [0.1, 0.15) is 99.9 Å². The van der Waals surface area contributed by atoms with E-state index in [4.69, 9.17) is 19.9 Å². The maximum atomic E-state index is 6.60. The molecule has 0 amide bonds. The number of para-hydroxylation sites is 1. The summed E-state index contributed by atoms with van der Waals surface area (Å²) in [7, 11) is 0. The molecule has 9 aromatic rings. The SMILES string of the molecule is CCc1nn(-c2cccc(Oc3ccc4c5ccccc5n(-c5cc(-n6c7c(C)cc(C(C)C)cc7c7cc(C(C)C)cc(C)c76)ccn5)c4c3)c2)nc1C(C)C. The zero-order valence-corrected chi connectivity index (χ0v) is 34.4. The quantitative estimate of drug-likeness (QED) is 0.147. The fourth-order valence-corrected chi connectivity index (χ4v) is 8.56. The number of aryl methyl sites for hydroxylation is 3. The van der Waals surface area contributed by atoms with Crippen molar-refractivity contribution in [3.8, 4) is 28.7 Å². The average Bonchev–Trinajstić information content (AvgIpc) is 3.89. The van der Waals surface area contributed by atoms with E-state index in [1.165, 1.54) is 44.1 Å². The van der Waals surface area contributed by atoms with Crippen LogP contribution in [-0.2, 0) is 6.42 Å². The predicted molar refractivity (Wildman–Crippen MR) is 235 cm³/mol. The summed E-state index contributed by atoms with van der Waals surface area (Å²) in [5.74, 6) is 3.46. The molecule has 286 valence electrons. The van der Waals surface area contributed by atoms with Crippen molar-refractivity contribution in [3.05, 3.63) is 143 Å². The highest BCUT2D eigenvalue weighted by atomic mass is 16.5. The standard InChI is InChI=1S/C50H50N6O/c1-10-44-48(31(6)7)53-56(52-44)37-14-13-15-38(26-37)57-39-18-19-41-40-16-11-12-17-45(40)55(46(41)28-39)47-27-36(20-21-51-47)54-49-32(8)22-34(29(2)3)24-42(49)43-25-35(30(4)5)23-33(9)50(43)54/h11-31H,10H2,1-9H3. The lowest BCUT2D eigenvalue weighted by molar-refractivity contribution is 0.482. The third-order valence-electron chi connectivity index (χ3n) is 11.5. The van der Waals surface area contributed by atoms with E-state index in [9.17, 15) is 0 Å². The molecule has 0 N–H and O–H groups in total. The largest absolute Gasteiger partial charge is 0.457 e. The first kappa shape index (κ1) is 36.4. The molecule has 7 nitrogen and oxygen atoms in total. The number of fused-ring (bicyclic) bond motifs is 6. The van der Waals surface area contributed by atoms with Crippen LogP contribution in [0.25, 0.3) is 60.8 Å². The highest BCUT2D eigenvalue weighted by Gasteiger charge is 2.21. The van der Waals surface area contributed by atoms with Crippen LogP contribution in [0.3, 0.4) is 0 Å². The third kappa shape index (κ3) is 6.17. The number of benzene rings is 5. The molecule has 0 radical (unpaired) electrons. The zero-order valence-electron chi connectivity index (χ0n) is 34.4. The van der Waals surface area contributed by atoms with Gasteiger partial charge in [-0.3, -0.25) is 4.57 Å². The van der Waals surface area contributed by atoms with Crippen LogP contribution in [0, 0.1) is 13.8 Å². The average molecular weight is 751 g/mol. The van der Waals surface area contributed by atoms with Crippen molar-refractivity contribution < 1.29 is 4.74 Å². The highest BCUT2D eigenvalue weighted by molar-refractivity contribution is 6.12. The van der Waals surface area contributed by atoms with Crippen molar-refractivity contribution in [2.75, 3.05) is 0 Å². The molecule has 0 saturated carbocycles. The van der Waals surface area contributed by atoms with E-state index in [0.717, 1.165) is 68.3 Å². The Bertz CT molecular complexity index is 2920. The number of aromatic nitrogens is 6. The lowest BCUT2D eigenvalue weighted by Crippen LogP contribution is -2.02. The molecule has 9 rings (SSSR count). The van der Waals surface area contributed by atoms with Gasteiger partial charge in [0.05, 0.1) is 44.8 Å². The van der Waals surface area contributed by atoms with Crippen LogP contribution in [0.2, 0.25) is 0 Å². The summed E-state index contributed by atoms with van der Waals surface area (Å²) >= 11 is 0. The van der Waals surface area contributed by atoms with Gasteiger partial charge < -0.3 is 9.30 Å². The van der Waals surface area contributed by atoms with Gasteiger partial charge in [-0.2, -0.15) is 15.0 Å². The summed E-state index contributed by atoms with van der Waals surface area (Å²) in [4.78, 5) is 6.78. The molecule has 0 bridgehead atoms. The van der Waals surface area contributed by atoms with Gasteiger partial charge in [-0.1, -0.05) is 84.9 Å². The molecule has 4 heterocycles. The monoisotopic (exact) mass is 750 g/mol. The minimum atomic E-state index is 0.299. The van der Waals surface area contributed by atoms with E-state index in [-0.39, 0.29) is 0 Å². The Kier molecular flexibility index (Phi) is 8.99. The molecule has 0 unspecified atom stereocenters. The lowest BCUT2D eigenvalue weighted by Gasteiger charge is -2.15. The molecule has 0 saturated heterocycles. The van der Waals surface area contributed by atoms with Crippen molar-refractivity contribution in [2.45, 2.75) is 86.5 Å². The Labute approximate surface area is 334 Å². The van der Waals surface area contributed by atoms with Crippen molar-refractivity contribution in [3.63, 3.8) is 0 Å². The molecule has 0 fully saturated rings. The first-order valence-corrected chi connectivity index (χ1v) is 20.3. The van der Waals surface area contributed by atoms with E-state index in [2.05, 4.69) is 144 Å². The van der Waals surface area contributed by atoms with Gasteiger partial charge in [0.15, 0.2) is 0 Å². The molecule has 0 aliphatic carbocycles. The summed E-state index contributed by atoms with van der Waals surface area (Å²) < 4.78 is 11.3. The van der Waals surface area contributed by atoms with Gasteiger partial charge in [0.1, 0.15) is 17.3 Å². The second-order valence-electron chi connectivity index (χ2n) is 16.4. The first-order chi connectivity index (χ1) is 27.5. The van der Waals surface area contributed by atoms with E-state index in [0.29, 0.717) is 17.8 Å². The summed E-state index contributed by atoms with van der Waals surface area (Å²) in [6.45, 7) is 20.1. The number of hydrogen-bond acceptors (Lipinski definition) is 4. The normalized spacial score (nSPS) is 12.1. The van der Waals surface area contributed by atoms with E-state index in [1.807, 2.05) is 36.5 Å². The summed E-state index contributed by atoms with van der Waals surface area (Å²) in [6, 6.07) is 36.8. The second kappa shape index (κ2) is 14.1. The highest BCUT2D eigenvalue weighted by Crippen LogP contribution is 2.40. The van der Waals surface area contributed by atoms with Crippen molar-refractivity contribution >= 4 is 43.6 Å². The van der Waals surface area contributed by atoms with E-state index in [1.54, 1.807) is 4.80 Å². The molecule has 0 atom stereocenters. The minimum absolute atomic E-state index is 0.299. The van der Waals surface area contributed by atoms with Crippen LogP contribution in [0.5, 0.6) is 11.5 Å². The molecule has 57 heavy (non-hydrogen) atoms. The van der Waals surface area contributed by atoms with Crippen LogP contribution < -0.4 is 4.74 Å². The van der Waals surface area contributed by atoms with Crippen molar-refractivity contribution in [1.29, 1.82) is 0 Å².